The van der Waals surface area contributed by atoms with Gasteiger partial charge in [0.05, 0.1) is 0 Å². The molecule has 0 spiro atoms. The second-order valence-corrected chi connectivity index (χ2v) is 5.71. The molecule has 3 N–H and O–H groups in total. The summed E-state index contributed by atoms with van der Waals surface area (Å²) in [5, 5.41) is 5.07. The number of thioether (sulfide) groups is 1. The molecule has 0 amide bonds. The predicted molar refractivity (Wildman–Crippen MR) is 67.5 cm³/mol. The van der Waals surface area contributed by atoms with Crippen LogP contribution in [0.4, 0.5) is 11.1 Å². The van der Waals surface area contributed by atoms with Crippen LogP contribution in [0.2, 0.25) is 0 Å². The van der Waals surface area contributed by atoms with Gasteiger partial charge in [-0.2, -0.15) is 21.1 Å². The molecule has 0 bridgehead atoms. The molecule has 1 aliphatic rings. The van der Waals surface area contributed by atoms with E-state index in [4.69, 9.17) is 5.73 Å². The Kier molecular flexibility index (Phi) is 3.69. The van der Waals surface area contributed by atoms with Crippen LogP contribution in [0.3, 0.4) is 0 Å². The van der Waals surface area contributed by atoms with Gasteiger partial charge >= 0.3 is 0 Å². The van der Waals surface area contributed by atoms with E-state index in [0.717, 1.165) is 10.4 Å². The van der Waals surface area contributed by atoms with Crippen LogP contribution < -0.4 is 11.1 Å². The highest BCUT2D eigenvalue weighted by Crippen LogP contribution is 2.29. The maximum atomic E-state index is 5.48. The fourth-order valence-electron chi connectivity index (χ4n) is 1.96. The van der Waals surface area contributed by atoms with Gasteiger partial charge in [-0.05, 0) is 25.5 Å². The van der Waals surface area contributed by atoms with Crippen LogP contribution in [0.5, 0.6) is 0 Å². The molecule has 2 atom stereocenters. The summed E-state index contributed by atoms with van der Waals surface area (Å²) in [4.78, 5) is 4.12. The Labute approximate surface area is 98.2 Å². The first kappa shape index (κ1) is 11.0. The lowest BCUT2D eigenvalue weighted by molar-refractivity contribution is 0.473. The van der Waals surface area contributed by atoms with Crippen molar-refractivity contribution < 1.29 is 0 Å². The molecular weight excluding hydrogens is 228 g/mol. The zero-order valence-corrected chi connectivity index (χ0v) is 10.4. The lowest BCUT2D eigenvalue weighted by atomic mass is 9.95. The van der Waals surface area contributed by atoms with Crippen molar-refractivity contribution in [2.75, 3.05) is 17.3 Å². The number of nitrogen functional groups attached to an aromatic ring is 1. The number of hydrogen-bond donors (Lipinski definition) is 2. The van der Waals surface area contributed by atoms with Crippen LogP contribution in [0.1, 0.15) is 25.7 Å². The Morgan fingerprint density at radius 2 is 2.40 bits per heavy atom. The van der Waals surface area contributed by atoms with Crippen molar-refractivity contribution in [2.24, 2.45) is 0 Å². The van der Waals surface area contributed by atoms with Crippen molar-refractivity contribution in [3.63, 3.8) is 0 Å². The Morgan fingerprint density at radius 3 is 3.07 bits per heavy atom. The zero-order chi connectivity index (χ0) is 10.7. The van der Waals surface area contributed by atoms with E-state index in [-0.39, 0.29) is 0 Å². The van der Waals surface area contributed by atoms with Crippen molar-refractivity contribution >= 4 is 34.4 Å². The first-order valence-electron chi connectivity index (χ1n) is 5.16. The van der Waals surface area contributed by atoms with Crippen LogP contribution in [0.25, 0.3) is 0 Å². The van der Waals surface area contributed by atoms with Gasteiger partial charge < -0.3 is 11.1 Å². The summed E-state index contributed by atoms with van der Waals surface area (Å²) in [6.07, 6.45) is 7.29. The SMILES string of the molecule is CSC1CCCC(Nc2nc(N)ns2)C1. The average molecular weight is 244 g/mol. The molecule has 0 aliphatic heterocycles. The number of nitrogens with two attached hydrogens (primary N) is 1. The Balaban J connectivity index is 1.88. The summed E-state index contributed by atoms with van der Waals surface area (Å²) in [5.41, 5.74) is 5.48. The van der Waals surface area contributed by atoms with Crippen molar-refractivity contribution in [1.29, 1.82) is 0 Å². The fraction of sp³-hybridized carbons (Fsp3) is 0.778. The molecule has 1 aromatic heterocycles. The van der Waals surface area contributed by atoms with Crippen LogP contribution in [0, 0.1) is 0 Å². The molecule has 1 aromatic rings. The third-order valence-electron chi connectivity index (χ3n) is 2.73. The molecule has 0 aromatic carbocycles. The number of anilines is 2. The van der Waals surface area contributed by atoms with Crippen LogP contribution in [0.15, 0.2) is 0 Å². The van der Waals surface area contributed by atoms with Crippen molar-refractivity contribution in [1.82, 2.24) is 9.36 Å². The van der Waals surface area contributed by atoms with Gasteiger partial charge in [-0.15, -0.1) is 0 Å². The largest absolute Gasteiger partial charge is 0.367 e. The topological polar surface area (TPSA) is 63.8 Å². The minimum Gasteiger partial charge on any atom is -0.367 e. The van der Waals surface area contributed by atoms with Gasteiger partial charge in [0.1, 0.15) is 0 Å². The minimum absolute atomic E-state index is 0.375. The van der Waals surface area contributed by atoms with E-state index in [1.807, 2.05) is 11.8 Å². The molecule has 1 heterocycles. The van der Waals surface area contributed by atoms with Gasteiger partial charge in [0.15, 0.2) is 0 Å². The number of hydrogen-bond acceptors (Lipinski definition) is 6. The fourth-order valence-corrected chi connectivity index (χ4v) is 3.36. The van der Waals surface area contributed by atoms with E-state index in [1.54, 1.807) is 0 Å². The highest BCUT2D eigenvalue weighted by atomic mass is 32.2. The van der Waals surface area contributed by atoms with Gasteiger partial charge in [-0.3, -0.25) is 0 Å². The summed E-state index contributed by atoms with van der Waals surface area (Å²) >= 11 is 3.32. The van der Waals surface area contributed by atoms with E-state index in [0.29, 0.717) is 12.0 Å². The maximum absolute atomic E-state index is 5.48. The standard InChI is InChI=1S/C9H16N4S2/c1-14-7-4-2-3-6(5-7)11-9-12-8(10)13-15-9/h6-7H,2-5H2,1H3,(H3,10,11,12,13). The molecule has 1 aliphatic carbocycles. The number of nitrogens with one attached hydrogen (secondary N) is 1. The lowest BCUT2D eigenvalue weighted by Gasteiger charge is -2.28. The summed E-state index contributed by atoms with van der Waals surface area (Å²) in [6, 6.07) is 0.545. The van der Waals surface area contributed by atoms with Crippen molar-refractivity contribution in [3.8, 4) is 0 Å². The van der Waals surface area contributed by atoms with Crippen molar-refractivity contribution in [3.05, 3.63) is 0 Å². The molecule has 4 nitrogen and oxygen atoms in total. The van der Waals surface area contributed by atoms with E-state index in [9.17, 15) is 0 Å². The Bertz CT molecular complexity index is 315. The van der Waals surface area contributed by atoms with Crippen molar-refractivity contribution in [2.45, 2.75) is 37.0 Å². The zero-order valence-electron chi connectivity index (χ0n) is 8.77. The molecule has 2 unspecified atom stereocenters. The summed E-state index contributed by atoms with van der Waals surface area (Å²) in [5.74, 6) is 0.375. The Hall–Kier alpha value is -0.490. The molecule has 6 heteroatoms. The normalized spacial score (nSPS) is 26.5. The molecule has 0 saturated heterocycles. The first-order chi connectivity index (χ1) is 7.28. The van der Waals surface area contributed by atoms with Gasteiger partial charge in [0.2, 0.25) is 11.1 Å². The molecular formula is C9H16N4S2. The van der Waals surface area contributed by atoms with E-state index in [2.05, 4.69) is 20.9 Å². The van der Waals surface area contributed by atoms with E-state index in [1.165, 1.54) is 37.2 Å². The molecule has 1 saturated carbocycles. The molecule has 2 rings (SSSR count). The lowest BCUT2D eigenvalue weighted by Crippen LogP contribution is -2.28. The summed E-state index contributed by atoms with van der Waals surface area (Å²) < 4.78 is 3.96. The summed E-state index contributed by atoms with van der Waals surface area (Å²) in [6.45, 7) is 0. The van der Waals surface area contributed by atoms with Gasteiger partial charge in [0, 0.05) is 22.8 Å². The van der Waals surface area contributed by atoms with E-state index < -0.39 is 0 Å². The van der Waals surface area contributed by atoms with Crippen LogP contribution >= 0.6 is 23.3 Å². The molecule has 15 heavy (non-hydrogen) atoms. The predicted octanol–water partition coefficient (Wildman–Crippen LogP) is 2.21. The highest BCUT2D eigenvalue weighted by Gasteiger charge is 2.21. The second-order valence-electron chi connectivity index (χ2n) is 3.82. The number of nitrogens with zero attached hydrogens (tertiary/aromatic N) is 2. The minimum atomic E-state index is 0.375. The third kappa shape index (κ3) is 2.98. The van der Waals surface area contributed by atoms with Crippen LogP contribution in [-0.4, -0.2) is 26.9 Å². The monoisotopic (exact) mass is 244 g/mol. The molecule has 84 valence electrons. The Morgan fingerprint density at radius 1 is 1.53 bits per heavy atom. The van der Waals surface area contributed by atoms with Gasteiger partial charge in [-0.1, -0.05) is 6.42 Å². The molecule has 0 radical (unpaired) electrons. The third-order valence-corrected chi connectivity index (χ3v) is 4.48. The number of rotatable bonds is 3. The highest BCUT2D eigenvalue weighted by molar-refractivity contribution is 7.99. The quantitative estimate of drug-likeness (QED) is 0.853. The molecule has 1 fully saturated rings. The van der Waals surface area contributed by atoms with Gasteiger partial charge in [-0.25, -0.2) is 0 Å². The smallest absolute Gasteiger partial charge is 0.233 e. The van der Waals surface area contributed by atoms with Gasteiger partial charge in [0.25, 0.3) is 0 Å². The number of aromatic nitrogens is 2. The average Bonchev–Trinajstić information content (AvgIpc) is 2.64. The van der Waals surface area contributed by atoms with E-state index >= 15 is 0 Å². The first-order valence-corrected chi connectivity index (χ1v) is 7.22. The second kappa shape index (κ2) is 5.03. The van der Waals surface area contributed by atoms with Crippen LogP contribution in [-0.2, 0) is 0 Å². The summed E-state index contributed by atoms with van der Waals surface area (Å²) in [7, 11) is 0. The maximum Gasteiger partial charge on any atom is 0.233 e.